The highest BCUT2D eigenvalue weighted by atomic mass is 19.1. The Balaban J connectivity index is 1.52. The Morgan fingerprint density at radius 2 is 1.81 bits per heavy atom. The quantitative estimate of drug-likeness (QED) is 0.751. The van der Waals surface area contributed by atoms with Gasteiger partial charge in [-0.15, -0.1) is 0 Å². The Labute approximate surface area is 158 Å². The van der Waals surface area contributed by atoms with Crippen LogP contribution in [0.1, 0.15) is 35.2 Å². The first-order valence-corrected chi connectivity index (χ1v) is 9.14. The lowest BCUT2D eigenvalue weighted by Crippen LogP contribution is -2.28. The lowest BCUT2D eigenvalue weighted by atomic mass is 10.1. The third-order valence-electron chi connectivity index (χ3n) is 4.48. The van der Waals surface area contributed by atoms with E-state index in [4.69, 9.17) is 0 Å². The fraction of sp³-hybridized carbons (Fsp3) is 0.333. The second-order valence-electron chi connectivity index (χ2n) is 6.92. The molecule has 0 bridgehead atoms. The topological polar surface area (TPSA) is 61.4 Å². The molecule has 1 saturated carbocycles. The Morgan fingerprint density at radius 3 is 2.56 bits per heavy atom. The molecule has 6 heteroatoms. The number of rotatable bonds is 8. The summed E-state index contributed by atoms with van der Waals surface area (Å²) in [6.45, 7) is 0.914. The molecule has 2 amide bonds. The van der Waals surface area contributed by atoms with Gasteiger partial charge in [0.2, 0.25) is 5.91 Å². The zero-order valence-corrected chi connectivity index (χ0v) is 15.4. The number of nitrogens with one attached hydrogen (secondary N) is 2. The molecule has 0 aromatic heterocycles. The zero-order chi connectivity index (χ0) is 19.2. The lowest BCUT2D eigenvalue weighted by molar-refractivity contribution is -0.116. The van der Waals surface area contributed by atoms with Crippen molar-refractivity contribution in [2.24, 2.45) is 0 Å². The van der Waals surface area contributed by atoms with Crippen molar-refractivity contribution in [2.45, 2.75) is 31.8 Å². The summed E-state index contributed by atoms with van der Waals surface area (Å²) < 4.78 is 13.7. The van der Waals surface area contributed by atoms with Crippen molar-refractivity contribution in [3.63, 3.8) is 0 Å². The lowest BCUT2D eigenvalue weighted by Gasteiger charge is -2.17. The summed E-state index contributed by atoms with van der Waals surface area (Å²) in [5.41, 5.74) is 1.58. The van der Waals surface area contributed by atoms with Crippen LogP contribution in [0.5, 0.6) is 0 Å². The molecular weight excluding hydrogens is 345 g/mol. The van der Waals surface area contributed by atoms with Gasteiger partial charge < -0.3 is 15.5 Å². The van der Waals surface area contributed by atoms with E-state index < -0.39 is 0 Å². The van der Waals surface area contributed by atoms with E-state index in [0.717, 1.165) is 12.8 Å². The van der Waals surface area contributed by atoms with E-state index in [9.17, 15) is 14.0 Å². The van der Waals surface area contributed by atoms with Gasteiger partial charge >= 0.3 is 0 Å². The van der Waals surface area contributed by atoms with Gasteiger partial charge in [-0.05, 0) is 38.1 Å². The molecular formula is C21H24FN3O2. The maximum absolute atomic E-state index is 13.7. The molecule has 0 radical (unpaired) electrons. The van der Waals surface area contributed by atoms with Gasteiger partial charge in [-0.25, -0.2) is 4.39 Å². The minimum atomic E-state index is -0.246. The first-order chi connectivity index (χ1) is 13.0. The SMILES string of the molecule is CN(CCC(=O)Nc1ccccc1C(=O)NC1CC1)Cc1ccccc1F. The van der Waals surface area contributed by atoms with Crippen LogP contribution in [-0.2, 0) is 11.3 Å². The van der Waals surface area contributed by atoms with E-state index >= 15 is 0 Å². The molecule has 5 nitrogen and oxygen atoms in total. The fourth-order valence-electron chi connectivity index (χ4n) is 2.78. The monoisotopic (exact) mass is 369 g/mol. The summed E-state index contributed by atoms with van der Waals surface area (Å²) in [7, 11) is 1.84. The van der Waals surface area contributed by atoms with Crippen molar-refractivity contribution in [1.29, 1.82) is 0 Å². The highest BCUT2D eigenvalue weighted by Crippen LogP contribution is 2.21. The minimum absolute atomic E-state index is 0.162. The van der Waals surface area contributed by atoms with Crippen LogP contribution >= 0.6 is 0 Å². The summed E-state index contributed by atoms with van der Waals surface area (Å²) >= 11 is 0. The average Bonchev–Trinajstić information content (AvgIpc) is 3.46. The summed E-state index contributed by atoms with van der Waals surface area (Å²) in [6.07, 6.45) is 2.27. The van der Waals surface area contributed by atoms with Crippen LogP contribution in [0.2, 0.25) is 0 Å². The highest BCUT2D eigenvalue weighted by Gasteiger charge is 2.25. The van der Waals surface area contributed by atoms with E-state index in [-0.39, 0.29) is 30.1 Å². The van der Waals surface area contributed by atoms with Gasteiger partial charge in [0.25, 0.3) is 5.91 Å². The van der Waals surface area contributed by atoms with Crippen LogP contribution in [0.3, 0.4) is 0 Å². The first kappa shape index (κ1) is 19.0. The molecule has 2 aromatic rings. The van der Waals surface area contributed by atoms with E-state index in [1.54, 1.807) is 42.5 Å². The van der Waals surface area contributed by atoms with Crippen molar-refractivity contribution in [1.82, 2.24) is 10.2 Å². The van der Waals surface area contributed by atoms with E-state index in [1.165, 1.54) is 6.07 Å². The molecule has 1 aliphatic carbocycles. The third kappa shape index (κ3) is 5.62. The fourth-order valence-corrected chi connectivity index (χ4v) is 2.78. The molecule has 0 aliphatic heterocycles. The predicted octanol–water partition coefficient (Wildman–Crippen LogP) is 3.18. The minimum Gasteiger partial charge on any atom is -0.349 e. The van der Waals surface area contributed by atoms with Crippen LogP contribution in [-0.4, -0.2) is 36.3 Å². The van der Waals surface area contributed by atoms with Gasteiger partial charge in [-0.2, -0.15) is 0 Å². The molecule has 0 saturated heterocycles. The molecule has 0 spiro atoms. The standard InChI is InChI=1S/C21H24FN3O2/c1-25(14-15-6-2-4-8-18(15)22)13-12-20(26)24-19-9-5-3-7-17(19)21(27)23-16-10-11-16/h2-9,16H,10-14H2,1H3,(H,23,27)(H,24,26). The molecule has 27 heavy (non-hydrogen) atoms. The van der Waals surface area contributed by atoms with E-state index in [1.807, 2.05) is 11.9 Å². The maximum atomic E-state index is 13.7. The molecule has 2 aromatic carbocycles. The van der Waals surface area contributed by atoms with Gasteiger partial charge in [-0.1, -0.05) is 30.3 Å². The molecule has 0 heterocycles. The number of carbonyl (C=O) groups excluding carboxylic acids is 2. The molecule has 1 aliphatic rings. The molecule has 1 fully saturated rings. The van der Waals surface area contributed by atoms with E-state index in [0.29, 0.717) is 29.9 Å². The number of para-hydroxylation sites is 1. The number of carbonyl (C=O) groups is 2. The summed E-state index contributed by atoms with van der Waals surface area (Å²) in [6, 6.07) is 13.9. The van der Waals surface area contributed by atoms with Crippen LogP contribution < -0.4 is 10.6 Å². The Hall–Kier alpha value is -2.73. The first-order valence-electron chi connectivity index (χ1n) is 9.14. The smallest absolute Gasteiger partial charge is 0.253 e. The van der Waals surface area contributed by atoms with Crippen molar-refractivity contribution in [3.8, 4) is 0 Å². The molecule has 0 atom stereocenters. The number of halogens is 1. The number of hydrogen-bond donors (Lipinski definition) is 2. The highest BCUT2D eigenvalue weighted by molar-refractivity contribution is 6.03. The van der Waals surface area contributed by atoms with Crippen LogP contribution in [0, 0.1) is 5.82 Å². The van der Waals surface area contributed by atoms with Gasteiger partial charge in [0.05, 0.1) is 11.3 Å². The summed E-state index contributed by atoms with van der Waals surface area (Å²) in [5, 5.41) is 5.75. The van der Waals surface area contributed by atoms with Crippen LogP contribution in [0.15, 0.2) is 48.5 Å². The second-order valence-corrected chi connectivity index (χ2v) is 6.92. The summed E-state index contributed by atoms with van der Waals surface area (Å²) in [4.78, 5) is 26.5. The van der Waals surface area contributed by atoms with Crippen molar-refractivity contribution in [3.05, 3.63) is 65.5 Å². The van der Waals surface area contributed by atoms with Crippen molar-refractivity contribution in [2.75, 3.05) is 18.9 Å². The van der Waals surface area contributed by atoms with E-state index in [2.05, 4.69) is 10.6 Å². The van der Waals surface area contributed by atoms with Gasteiger partial charge in [-0.3, -0.25) is 9.59 Å². The van der Waals surface area contributed by atoms with Crippen molar-refractivity contribution >= 4 is 17.5 Å². The van der Waals surface area contributed by atoms with Crippen LogP contribution in [0.4, 0.5) is 10.1 Å². The Morgan fingerprint density at radius 1 is 1.11 bits per heavy atom. The number of amides is 2. The normalized spacial score (nSPS) is 13.4. The third-order valence-corrected chi connectivity index (χ3v) is 4.48. The van der Waals surface area contributed by atoms with Crippen molar-refractivity contribution < 1.29 is 14.0 Å². The van der Waals surface area contributed by atoms with Gasteiger partial charge in [0.1, 0.15) is 5.82 Å². The molecule has 2 N–H and O–H groups in total. The van der Waals surface area contributed by atoms with Gasteiger partial charge in [0.15, 0.2) is 0 Å². The number of hydrogen-bond acceptors (Lipinski definition) is 3. The number of anilines is 1. The Bertz CT molecular complexity index is 821. The largest absolute Gasteiger partial charge is 0.349 e. The molecule has 0 unspecified atom stereocenters. The number of benzene rings is 2. The Kier molecular flexibility index (Phi) is 6.19. The second kappa shape index (κ2) is 8.77. The predicted molar refractivity (Wildman–Crippen MR) is 103 cm³/mol. The average molecular weight is 369 g/mol. The maximum Gasteiger partial charge on any atom is 0.253 e. The zero-order valence-electron chi connectivity index (χ0n) is 15.4. The van der Waals surface area contributed by atoms with Crippen LogP contribution in [0.25, 0.3) is 0 Å². The molecule has 142 valence electrons. The van der Waals surface area contributed by atoms with Gasteiger partial charge in [0, 0.05) is 31.1 Å². The summed E-state index contributed by atoms with van der Waals surface area (Å²) in [5.74, 6) is -0.587. The molecule has 3 rings (SSSR count). The number of nitrogens with zero attached hydrogens (tertiary/aromatic N) is 1.